The van der Waals surface area contributed by atoms with Crippen molar-refractivity contribution in [1.82, 2.24) is 0 Å². The molecule has 0 radical (unpaired) electrons. The first-order valence-corrected chi connectivity index (χ1v) is 51.4. The molecular weight excluding hydrogens is 1700 g/mol. The predicted octanol–water partition coefficient (Wildman–Crippen LogP) is 40.7. The molecule has 15 aromatic carbocycles. The molecule has 0 aliphatic rings. The van der Waals surface area contributed by atoms with Gasteiger partial charge in [0.1, 0.15) is 0 Å². The highest BCUT2D eigenvalue weighted by atomic mass is 15.2. The molecule has 4 nitrogen and oxygen atoms in total. The van der Waals surface area contributed by atoms with Crippen molar-refractivity contribution < 1.29 is 0 Å². The molecule has 0 saturated heterocycles. The number of nitrogens with zero attached hydrogens (tertiary/aromatic N) is 4. The second-order valence-electron chi connectivity index (χ2n) is 49.8. The monoisotopic (exact) mass is 1870 g/mol. The van der Waals surface area contributed by atoms with Gasteiger partial charge in [-0.25, -0.2) is 0 Å². The lowest BCUT2D eigenvalue weighted by molar-refractivity contribution is 0.589. The van der Waals surface area contributed by atoms with E-state index in [1.807, 2.05) is 0 Å². The van der Waals surface area contributed by atoms with Crippen molar-refractivity contribution in [3.05, 3.63) is 415 Å². The molecule has 4 heteroatoms. The first kappa shape index (κ1) is 106. The number of hydrogen-bond acceptors (Lipinski definition) is 4. The third-order valence-electron chi connectivity index (χ3n) is 28.2. The molecule has 0 heterocycles. The van der Waals surface area contributed by atoms with E-state index in [1.54, 1.807) is 0 Å². The summed E-state index contributed by atoms with van der Waals surface area (Å²) in [5.74, 6) is 0. The predicted molar refractivity (Wildman–Crippen MR) is 620 cm³/mol. The maximum absolute atomic E-state index is 2.53. The van der Waals surface area contributed by atoms with Crippen molar-refractivity contribution in [2.24, 2.45) is 0 Å². The van der Waals surface area contributed by atoms with Crippen LogP contribution in [0.25, 0.3) is 44.5 Å². The summed E-state index contributed by atoms with van der Waals surface area (Å²) in [6, 6.07) is 115. The maximum atomic E-state index is 2.53. The molecule has 0 saturated carbocycles. The average molecular weight is 1870 g/mol. The normalized spacial score (nSPS) is 12.3. The van der Waals surface area contributed by atoms with Crippen molar-refractivity contribution in [2.45, 2.75) is 312 Å². The number of rotatable bonds is 16. The maximum Gasteiger partial charge on any atom is 0.0520 e. The van der Waals surface area contributed by atoms with Gasteiger partial charge in [-0.05, 0) is 373 Å². The SMILES string of the molecule is Cc1cc(C)c(N(c2cc(-c3ccc(C(C)(C)C)cc3)cc(-c3ccc(C(C)(C)C)cc3)c2)c2cc(-c3ccc(C(C)(C)C)cc3)cc(-c3ccc(C(C)(C)C)cc3)c2)c(C)c1.Cc1cc(C)c(N(c2ccc(C(C)(C)C)cc2)c2ccc(C(C)(C)C)cc2)c(C)c1.Cc1ccc(N(c2ccc(N(c3ccc(C(C)(C)C)cc3)c3c(C)cc(C(C)(C)C)cc3C)cc2)c2c(C)cc(C(C)(C)C)cc2C)cc1. The van der Waals surface area contributed by atoms with Crippen molar-refractivity contribution in [2.75, 3.05) is 19.6 Å². The molecule has 0 spiro atoms. The second-order valence-corrected chi connectivity index (χ2v) is 49.8. The van der Waals surface area contributed by atoms with Crippen molar-refractivity contribution >= 4 is 68.2 Å². The average Bonchev–Trinajstić information content (AvgIpc) is 0.754. The Labute approximate surface area is 852 Å². The van der Waals surface area contributed by atoms with E-state index in [-0.39, 0.29) is 48.7 Å². The zero-order valence-electron chi connectivity index (χ0n) is 93.2. The quantitative estimate of drug-likeness (QED) is 0.0956. The fourth-order valence-corrected chi connectivity index (χ4v) is 19.7. The Balaban J connectivity index is 0.000000189. The van der Waals surface area contributed by atoms with Crippen LogP contribution in [0.2, 0.25) is 0 Å². The summed E-state index contributed by atoms with van der Waals surface area (Å²) in [4.78, 5) is 9.81. The summed E-state index contributed by atoms with van der Waals surface area (Å²) >= 11 is 0. The highest BCUT2D eigenvalue weighted by Crippen LogP contribution is 2.51. The standard InChI is InChI=1S/C61H69N.C47H58N2.C29H37N/c1-40-32-41(2)57(42(3)33-40)62(55-36-47(43-16-24-51(25-17-43)58(4,5)6)34-48(37-55)44-18-26-52(27-19-44)59(7,8)9)56-38-49(45-20-28-53(29-21-45)60(10,11)12)35-50(39-56)46-22-30-54(31-23-46)61(13,14)15;1-31-15-19-39(20-16-31)48(43-32(2)27-37(28-33(43)3)46(9,10)11)41-23-25-42(26-24-41)49(40-21-17-36(18-22-40)45(6,7)8)44-34(4)29-38(30-35(44)5)47(12,13)14;1-20-18-21(2)27(22(3)19-20)30(25-14-10-23(11-15-25)28(4,5)6)26-16-12-24(13-17-26)29(7,8)9/h16-39H,1-15H3;15-30H,1-14H3;10-19H,1-9H3. The summed E-state index contributed by atoms with van der Waals surface area (Å²) in [5, 5.41) is 0. The largest absolute Gasteiger partial charge is 0.310 e. The minimum absolute atomic E-state index is 0.0699. The number of anilines is 12. The van der Waals surface area contributed by atoms with Gasteiger partial charge in [0.2, 0.25) is 0 Å². The minimum Gasteiger partial charge on any atom is -0.310 e. The fourth-order valence-electron chi connectivity index (χ4n) is 19.7. The van der Waals surface area contributed by atoms with E-state index in [2.05, 4.69) is 586 Å². The first-order chi connectivity index (χ1) is 65.6. The lowest BCUT2D eigenvalue weighted by Crippen LogP contribution is -2.18. The van der Waals surface area contributed by atoms with Gasteiger partial charge in [-0.15, -0.1) is 0 Å². The molecule has 0 atom stereocenters. The Morgan fingerprint density at radius 3 is 0.433 bits per heavy atom. The molecule has 0 aromatic heterocycles. The highest BCUT2D eigenvalue weighted by molar-refractivity contribution is 5.92. The molecule has 0 amide bonds. The van der Waals surface area contributed by atoms with Crippen molar-refractivity contribution in [1.29, 1.82) is 0 Å². The Morgan fingerprint density at radius 2 is 0.262 bits per heavy atom. The number of hydrogen-bond donors (Lipinski definition) is 0. The Bertz CT molecular complexity index is 6430. The van der Waals surface area contributed by atoms with Crippen LogP contribution in [0.5, 0.6) is 0 Å². The molecule has 0 unspecified atom stereocenters. The molecule has 0 aliphatic carbocycles. The summed E-state index contributed by atoms with van der Waals surface area (Å²) < 4.78 is 0. The third kappa shape index (κ3) is 25.0. The van der Waals surface area contributed by atoms with E-state index in [4.69, 9.17) is 0 Å². The lowest BCUT2D eigenvalue weighted by atomic mass is 9.84. The van der Waals surface area contributed by atoms with Crippen LogP contribution < -0.4 is 19.6 Å². The summed E-state index contributed by atoms with van der Waals surface area (Å²) in [6.07, 6.45) is 0. The second kappa shape index (κ2) is 40.8. The zero-order chi connectivity index (χ0) is 103. The molecule has 15 rings (SSSR count). The van der Waals surface area contributed by atoms with E-state index < -0.39 is 0 Å². The van der Waals surface area contributed by atoms with Gasteiger partial charge in [-0.2, -0.15) is 0 Å². The number of aryl methyl sites for hydroxylation is 11. The Morgan fingerprint density at radius 1 is 0.121 bits per heavy atom. The topological polar surface area (TPSA) is 13.0 Å². The molecule has 732 valence electrons. The lowest BCUT2D eigenvalue weighted by Gasteiger charge is -2.33. The smallest absolute Gasteiger partial charge is 0.0520 e. The van der Waals surface area contributed by atoms with Gasteiger partial charge in [0.05, 0.1) is 22.7 Å². The zero-order valence-corrected chi connectivity index (χ0v) is 93.2. The van der Waals surface area contributed by atoms with Crippen LogP contribution in [0.1, 0.15) is 298 Å². The van der Waals surface area contributed by atoms with E-state index in [0.29, 0.717) is 0 Å². The number of benzene rings is 15. The van der Waals surface area contributed by atoms with Crippen LogP contribution in [-0.4, -0.2) is 0 Å². The summed E-state index contributed by atoms with van der Waals surface area (Å²) in [7, 11) is 0. The fraction of sp³-hybridized carbons (Fsp3) is 0.343. The minimum atomic E-state index is 0.0699. The van der Waals surface area contributed by atoms with Gasteiger partial charge in [0, 0.05) is 45.5 Å². The Kier molecular flexibility index (Phi) is 30.7. The summed E-state index contributed by atoms with van der Waals surface area (Å²) in [5.41, 5.74) is 50.7. The molecule has 0 aliphatic heterocycles. The van der Waals surface area contributed by atoms with Gasteiger partial charge in [-0.1, -0.05) is 398 Å². The van der Waals surface area contributed by atoms with E-state index in [9.17, 15) is 0 Å². The van der Waals surface area contributed by atoms with Gasteiger partial charge in [0.15, 0.2) is 0 Å². The van der Waals surface area contributed by atoms with Gasteiger partial charge < -0.3 is 19.6 Å². The van der Waals surface area contributed by atoms with E-state index in [0.717, 1.165) is 34.1 Å². The van der Waals surface area contributed by atoms with Gasteiger partial charge in [0.25, 0.3) is 0 Å². The summed E-state index contributed by atoms with van der Waals surface area (Å²) in [6.45, 7) is 86.1. The van der Waals surface area contributed by atoms with Crippen LogP contribution in [0.3, 0.4) is 0 Å². The van der Waals surface area contributed by atoms with Crippen LogP contribution in [0.15, 0.2) is 303 Å². The van der Waals surface area contributed by atoms with Gasteiger partial charge >= 0.3 is 0 Å². The molecule has 0 N–H and O–H groups in total. The van der Waals surface area contributed by atoms with E-state index in [1.165, 1.54) is 190 Å². The molecule has 0 fully saturated rings. The van der Waals surface area contributed by atoms with Crippen molar-refractivity contribution in [3.63, 3.8) is 0 Å². The van der Waals surface area contributed by atoms with Crippen molar-refractivity contribution in [3.8, 4) is 44.5 Å². The van der Waals surface area contributed by atoms with Crippen LogP contribution in [-0.2, 0) is 48.7 Å². The van der Waals surface area contributed by atoms with Gasteiger partial charge in [-0.3, -0.25) is 0 Å². The van der Waals surface area contributed by atoms with E-state index >= 15 is 0 Å². The molecular formula is C137H164N4. The molecule has 0 bridgehead atoms. The molecule has 15 aromatic rings. The third-order valence-corrected chi connectivity index (χ3v) is 28.2. The van der Waals surface area contributed by atoms with Crippen LogP contribution in [0, 0.1) is 76.2 Å². The molecule has 141 heavy (non-hydrogen) atoms. The first-order valence-electron chi connectivity index (χ1n) is 51.4. The Hall–Kier alpha value is -12.5. The van der Waals surface area contributed by atoms with Crippen LogP contribution >= 0.6 is 0 Å². The van der Waals surface area contributed by atoms with Crippen LogP contribution in [0.4, 0.5) is 68.2 Å². The highest BCUT2D eigenvalue weighted by Gasteiger charge is 2.31.